The summed E-state index contributed by atoms with van der Waals surface area (Å²) >= 11 is 6.37. The summed E-state index contributed by atoms with van der Waals surface area (Å²) in [6, 6.07) is 10.8. The summed E-state index contributed by atoms with van der Waals surface area (Å²) in [6.07, 6.45) is 4.44. The molecule has 0 spiro atoms. The van der Waals surface area contributed by atoms with Crippen molar-refractivity contribution in [3.05, 3.63) is 63.6 Å². The minimum absolute atomic E-state index is 0.814. The smallest absolute Gasteiger partial charge is 0.0532 e. The molecule has 2 aliphatic rings. The van der Waals surface area contributed by atoms with Gasteiger partial charge in [0, 0.05) is 58.3 Å². The molecule has 1 aliphatic carbocycles. The first-order chi connectivity index (χ1) is 13.5. The summed E-state index contributed by atoms with van der Waals surface area (Å²) in [7, 11) is 2.20. The minimum atomic E-state index is 0.814. The second kappa shape index (κ2) is 6.75. The summed E-state index contributed by atoms with van der Waals surface area (Å²) in [5.74, 6) is 0. The summed E-state index contributed by atoms with van der Waals surface area (Å²) in [6.45, 7) is 6.45. The van der Waals surface area contributed by atoms with Crippen LogP contribution in [0.1, 0.15) is 48.0 Å². The molecule has 3 aromatic rings. The zero-order valence-corrected chi connectivity index (χ0v) is 17.6. The van der Waals surface area contributed by atoms with Gasteiger partial charge in [0.15, 0.2) is 0 Å². The van der Waals surface area contributed by atoms with Crippen molar-refractivity contribution in [3.8, 4) is 0 Å². The van der Waals surface area contributed by atoms with Crippen LogP contribution >= 0.6 is 11.6 Å². The normalized spacial score (nSPS) is 18.9. The topological polar surface area (TPSA) is 21.1 Å². The van der Waals surface area contributed by atoms with Crippen LogP contribution in [0.4, 0.5) is 0 Å². The Labute approximate surface area is 171 Å². The van der Waals surface area contributed by atoms with Crippen LogP contribution in [-0.2, 0) is 19.4 Å². The average molecular weight is 392 g/mol. The maximum atomic E-state index is 6.37. The number of hydrogen-bond acceptors (Lipinski definition) is 2. The number of pyridine rings is 1. The van der Waals surface area contributed by atoms with Crippen molar-refractivity contribution in [2.24, 2.45) is 0 Å². The number of allylic oxidation sites excluding steroid dienone is 2. The van der Waals surface area contributed by atoms with Crippen LogP contribution < -0.4 is 0 Å². The Morgan fingerprint density at radius 1 is 1.11 bits per heavy atom. The third kappa shape index (κ3) is 2.80. The minimum Gasteiger partial charge on any atom is -0.317 e. The molecule has 3 heterocycles. The van der Waals surface area contributed by atoms with Crippen molar-refractivity contribution in [1.29, 1.82) is 0 Å². The van der Waals surface area contributed by atoms with Gasteiger partial charge in [0.2, 0.25) is 0 Å². The van der Waals surface area contributed by atoms with E-state index in [2.05, 4.69) is 54.6 Å². The first-order valence-corrected chi connectivity index (χ1v) is 10.6. The summed E-state index contributed by atoms with van der Waals surface area (Å²) in [5, 5.41) is 2.11. The van der Waals surface area contributed by atoms with Crippen LogP contribution in [0, 0.1) is 6.92 Å². The predicted octanol–water partition coefficient (Wildman–Crippen LogP) is 5.71. The van der Waals surface area contributed by atoms with Crippen LogP contribution in [0.2, 0.25) is 5.02 Å². The first kappa shape index (κ1) is 18.0. The van der Waals surface area contributed by atoms with E-state index < -0.39 is 0 Å². The molecule has 0 saturated heterocycles. The van der Waals surface area contributed by atoms with Gasteiger partial charge in [-0.15, -0.1) is 0 Å². The highest BCUT2D eigenvalue weighted by Gasteiger charge is 2.25. The first-order valence-electron chi connectivity index (χ1n) is 10.2. The van der Waals surface area contributed by atoms with Crippen LogP contribution in [0.15, 0.2) is 30.3 Å². The Morgan fingerprint density at radius 2 is 1.96 bits per heavy atom. The summed E-state index contributed by atoms with van der Waals surface area (Å²) < 4.78 is 2.51. The molecule has 5 rings (SSSR count). The maximum Gasteiger partial charge on any atom is 0.0532 e. The summed E-state index contributed by atoms with van der Waals surface area (Å²) in [5.41, 5.74) is 10.7. The van der Waals surface area contributed by atoms with E-state index in [1.165, 1.54) is 51.1 Å². The van der Waals surface area contributed by atoms with Crippen LogP contribution in [0.25, 0.3) is 22.2 Å². The SMILES string of the molecule is CC(=C1CCCc2nc(C)ccc21)n1c2c(c3cc(Cl)ccc31)CN(C)CC2. The Morgan fingerprint density at radius 3 is 2.82 bits per heavy atom. The molecule has 4 heteroatoms. The second-order valence-corrected chi connectivity index (χ2v) is 8.71. The van der Waals surface area contributed by atoms with Gasteiger partial charge in [-0.1, -0.05) is 17.7 Å². The fraction of sp³-hybridized carbons (Fsp3) is 0.375. The molecule has 0 atom stereocenters. The van der Waals surface area contributed by atoms with Crippen molar-refractivity contribution < 1.29 is 0 Å². The number of fused-ring (bicyclic) bond motifs is 4. The van der Waals surface area contributed by atoms with Crippen molar-refractivity contribution in [2.75, 3.05) is 13.6 Å². The van der Waals surface area contributed by atoms with E-state index in [1.807, 2.05) is 6.07 Å². The molecule has 0 N–H and O–H groups in total. The predicted molar refractivity (Wildman–Crippen MR) is 118 cm³/mol. The standard InChI is InChI=1S/C24H26ClN3/c1-15-7-9-19-18(5-4-6-22(19)26-15)16(2)28-23-10-8-17(25)13-20(23)21-14-27(3)12-11-24(21)28/h7-10,13H,4-6,11-12,14H2,1-3H3. The van der Waals surface area contributed by atoms with Gasteiger partial charge in [-0.3, -0.25) is 4.98 Å². The van der Waals surface area contributed by atoms with Crippen LogP contribution in [-0.4, -0.2) is 28.0 Å². The lowest BCUT2D eigenvalue weighted by molar-refractivity contribution is 0.311. The van der Waals surface area contributed by atoms with Gasteiger partial charge in [-0.25, -0.2) is 0 Å². The molecule has 144 valence electrons. The largest absolute Gasteiger partial charge is 0.317 e. The van der Waals surface area contributed by atoms with E-state index in [4.69, 9.17) is 16.6 Å². The highest BCUT2D eigenvalue weighted by molar-refractivity contribution is 6.31. The molecular weight excluding hydrogens is 366 g/mol. The molecule has 0 radical (unpaired) electrons. The number of halogens is 1. The van der Waals surface area contributed by atoms with Crippen LogP contribution in [0.3, 0.4) is 0 Å². The van der Waals surface area contributed by atoms with Gasteiger partial charge >= 0.3 is 0 Å². The van der Waals surface area contributed by atoms with Gasteiger partial charge in [-0.2, -0.15) is 0 Å². The number of nitrogens with zero attached hydrogens (tertiary/aromatic N) is 3. The molecule has 1 aromatic carbocycles. The molecule has 0 fully saturated rings. The number of aromatic nitrogens is 2. The van der Waals surface area contributed by atoms with E-state index in [0.29, 0.717) is 0 Å². The van der Waals surface area contributed by atoms with Crippen molar-refractivity contribution in [3.63, 3.8) is 0 Å². The van der Waals surface area contributed by atoms with Crippen molar-refractivity contribution >= 4 is 33.8 Å². The van der Waals surface area contributed by atoms with Gasteiger partial charge in [0.05, 0.1) is 5.52 Å². The molecule has 1 aliphatic heterocycles. The third-order valence-corrected chi connectivity index (χ3v) is 6.59. The van der Waals surface area contributed by atoms with Gasteiger partial charge in [-0.05, 0) is 75.6 Å². The van der Waals surface area contributed by atoms with Crippen LogP contribution in [0.5, 0.6) is 0 Å². The third-order valence-electron chi connectivity index (χ3n) is 6.35. The zero-order chi connectivity index (χ0) is 19.4. The molecule has 0 saturated carbocycles. The fourth-order valence-electron chi connectivity index (χ4n) is 5.00. The van der Waals surface area contributed by atoms with Gasteiger partial charge in [0.1, 0.15) is 0 Å². The van der Waals surface area contributed by atoms with Gasteiger partial charge in [0.25, 0.3) is 0 Å². The molecule has 0 unspecified atom stereocenters. The quantitative estimate of drug-likeness (QED) is 0.529. The van der Waals surface area contributed by atoms with Gasteiger partial charge < -0.3 is 9.47 Å². The zero-order valence-electron chi connectivity index (χ0n) is 16.8. The van der Waals surface area contributed by atoms with E-state index >= 15 is 0 Å². The van der Waals surface area contributed by atoms with Crippen molar-refractivity contribution in [2.45, 2.75) is 46.1 Å². The molecule has 3 nitrogen and oxygen atoms in total. The average Bonchev–Trinajstić information content (AvgIpc) is 2.99. The Kier molecular flexibility index (Phi) is 4.33. The lowest BCUT2D eigenvalue weighted by atomic mass is 9.89. The monoisotopic (exact) mass is 391 g/mol. The van der Waals surface area contributed by atoms with Crippen molar-refractivity contribution in [1.82, 2.24) is 14.5 Å². The van der Waals surface area contributed by atoms with E-state index in [9.17, 15) is 0 Å². The summed E-state index contributed by atoms with van der Waals surface area (Å²) in [4.78, 5) is 7.23. The Hall–Kier alpha value is -2.10. The highest BCUT2D eigenvalue weighted by atomic mass is 35.5. The lowest BCUT2D eigenvalue weighted by Crippen LogP contribution is -2.27. The molecular formula is C24H26ClN3. The highest BCUT2D eigenvalue weighted by Crippen LogP contribution is 2.39. The maximum absolute atomic E-state index is 6.37. The number of rotatable bonds is 1. The number of aryl methyl sites for hydroxylation is 2. The lowest BCUT2D eigenvalue weighted by Gasteiger charge is -2.26. The second-order valence-electron chi connectivity index (χ2n) is 8.27. The number of likely N-dealkylation sites (N-methyl/N-ethyl adjacent to an activating group) is 1. The fourth-order valence-corrected chi connectivity index (χ4v) is 5.17. The number of hydrogen-bond donors (Lipinski definition) is 0. The Balaban J connectivity index is 1.78. The molecule has 2 aromatic heterocycles. The van der Waals surface area contributed by atoms with E-state index in [1.54, 1.807) is 0 Å². The Bertz CT molecular complexity index is 1120. The van der Waals surface area contributed by atoms with E-state index in [-0.39, 0.29) is 0 Å². The van der Waals surface area contributed by atoms with E-state index in [0.717, 1.165) is 43.1 Å². The molecule has 0 bridgehead atoms. The molecule has 28 heavy (non-hydrogen) atoms. The number of benzene rings is 1. The molecule has 0 amide bonds.